The SMILES string of the molecule is C[C@@H]1C[C@H]1NCc1cc2ccccc2[nH]c1=O. The molecule has 0 unspecified atom stereocenters. The lowest BCUT2D eigenvalue weighted by molar-refractivity contribution is 0.649. The van der Waals surface area contributed by atoms with E-state index in [2.05, 4.69) is 17.2 Å². The van der Waals surface area contributed by atoms with Crippen molar-refractivity contribution >= 4 is 10.9 Å². The summed E-state index contributed by atoms with van der Waals surface area (Å²) in [5, 5.41) is 4.50. The van der Waals surface area contributed by atoms with Gasteiger partial charge < -0.3 is 10.3 Å². The Kier molecular flexibility index (Phi) is 2.48. The summed E-state index contributed by atoms with van der Waals surface area (Å²) in [6, 6.07) is 10.4. The van der Waals surface area contributed by atoms with Crippen LogP contribution in [0.1, 0.15) is 18.9 Å². The Hall–Kier alpha value is -1.61. The average molecular weight is 228 g/mol. The summed E-state index contributed by atoms with van der Waals surface area (Å²) in [4.78, 5) is 14.8. The highest BCUT2D eigenvalue weighted by Gasteiger charge is 2.31. The Labute approximate surface area is 99.9 Å². The maximum Gasteiger partial charge on any atom is 0.252 e. The summed E-state index contributed by atoms with van der Waals surface area (Å²) in [6.45, 7) is 2.89. The summed E-state index contributed by atoms with van der Waals surface area (Å²) in [6.07, 6.45) is 1.23. The fourth-order valence-corrected chi connectivity index (χ4v) is 2.17. The van der Waals surface area contributed by atoms with Gasteiger partial charge in [0.2, 0.25) is 0 Å². The molecule has 0 spiro atoms. The Morgan fingerprint density at radius 2 is 2.18 bits per heavy atom. The van der Waals surface area contributed by atoms with Crippen LogP contribution in [-0.2, 0) is 6.54 Å². The van der Waals surface area contributed by atoms with Gasteiger partial charge in [0.1, 0.15) is 0 Å². The minimum atomic E-state index is 0.0181. The fourth-order valence-electron chi connectivity index (χ4n) is 2.17. The molecule has 17 heavy (non-hydrogen) atoms. The number of hydrogen-bond donors (Lipinski definition) is 2. The summed E-state index contributed by atoms with van der Waals surface area (Å²) < 4.78 is 0. The quantitative estimate of drug-likeness (QED) is 0.844. The second-order valence-corrected chi connectivity index (χ2v) is 4.91. The Morgan fingerprint density at radius 1 is 1.41 bits per heavy atom. The molecule has 0 saturated heterocycles. The smallest absolute Gasteiger partial charge is 0.252 e. The second kappa shape index (κ2) is 4.00. The van der Waals surface area contributed by atoms with Crippen molar-refractivity contribution in [1.82, 2.24) is 10.3 Å². The van der Waals surface area contributed by atoms with Crippen LogP contribution in [0, 0.1) is 5.92 Å². The number of para-hydroxylation sites is 1. The van der Waals surface area contributed by atoms with E-state index in [1.54, 1.807) is 0 Å². The largest absolute Gasteiger partial charge is 0.322 e. The zero-order valence-corrected chi connectivity index (χ0v) is 9.86. The van der Waals surface area contributed by atoms with Crippen molar-refractivity contribution < 1.29 is 0 Å². The van der Waals surface area contributed by atoms with Crippen LogP contribution in [0.2, 0.25) is 0 Å². The van der Waals surface area contributed by atoms with Crippen LogP contribution in [0.4, 0.5) is 0 Å². The van der Waals surface area contributed by atoms with Gasteiger partial charge in [0.15, 0.2) is 0 Å². The molecule has 0 amide bonds. The molecule has 1 fully saturated rings. The molecule has 0 radical (unpaired) electrons. The molecule has 88 valence electrons. The number of benzene rings is 1. The molecule has 1 heterocycles. The normalized spacial score (nSPS) is 22.9. The topological polar surface area (TPSA) is 44.9 Å². The van der Waals surface area contributed by atoms with Gasteiger partial charge in [-0.3, -0.25) is 4.79 Å². The highest BCUT2D eigenvalue weighted by molar-refractivity contribution is 5.78. The molecular formula is C14H16N2O. The van der Waals surface area contributed by atoms with E-state index in [0.717, 1.165) is 22.4 Å². The summed E-state index contributed by atoms with van der Waals surface area (Å²) >= 11 is 0. The molecule has 3 heteroatoms. The molecule has 2 atom stereocenters. The number of fused-ring (bicyclic) bond motifs is 1. The number of H-pyrrole nitrogens is 1. The third-order valence-electron chi connectivity index (χ3n) is 3.49. The lowest BCUT2D eigenvalue weighted by Crippen LogP contribution is -2.23. The summed E-state index contributed by atoms with van der Waals surface area (Å²) in [7, 11) is 0. The van der Waals surface area contributed by atoms with E-state index < -0.39 is 0 Å². The highest BCUT2D eigenvalue weighted by Crippen LogP contribution is 2.29. The predicted molar refractivity (Wildman–Crippen MR) is 69.0 cm³/mol. The first-order chi connectivity index (χ1) is 8.24. The first kappa shape index (κ1) is 10.5. The number of aromatic amines is 1. The van der Waals surface area contributed by atoms with Crippen LogP contribution in [-0.4, -0.2) is 11.0 Å². The van der Waals surface area contributed by atoms with Gasteiger partial charge in [-0.15, -0.1) is 0 Å². The van der Waals surface area contributed by atoms with Gasteiger partial charge in [-0.25, -0.2) is 0 Å². The lowest BCUT2D eigenvalue weighted by atomic mass is 10.1. The third kappa shape index (κ3) is 2.11. The molecule has 2 aromatic rings. The molecule has 0 aliphatic heterocycles. The average Bonchev–Trinajstić information content (AvgIpc) is 3.03. The van der Waals surface area contributed by atoms with Crippen molar-refractivity contribution in [1.29, 1.82) is 0 Å². The van der Waals surface area contributed by atoms with Gasteiger partial charge in [-0.1, -0.05) is 25.1 Å². The van der Waals surface area contributed by atoms with Crippen LogP contribution in [0.5, 0.6) is 0 Å². The van der Waals surface area contributed by atoms with Gasteiger partial charge in [-0.05, 0) is 29.9 Å². The highest BCUT2D eigenvalue weighted by atomic mass is 16.1. The molecule has 3 nitrogen and oxygen atoms in total. The molecule has 1 aliphatic carbocycles. The molecule has 1 saturated carbocycles. The van der Waals surface area contributed by atoms with E-state index in [4.69, 9.17) is 0 Å². The standard InChI is InChI=1S/C14H16N2O/c1-9-6-13(9)15-8-11-7-10-4-2-3-5-12(10)16-14(11)17/h2-5,7,9,13,15H,6,8H2,1H3,(H,16,17)/t9-,13-/m1/s1. The van der Waals surface area contributed by atoms with Gasteiger partial charge in [0, 0.05) is 23.7 Å². The Bertz CT molecular complexity index is 602. The first-order valence-corrected chi connectivity index (χ1v) is 6.08. The minimum Gasteiger partial charge on any atom is -0.322 e. The zero-order chi connectivity index (χ0) is 11.8. The van der Waals surface area contributed by atoms with E-state index in [9.17, 15) is 4.79 Å². The molecular weight excluding hydrogens is 212 g/mol. The van der Waals surface area contributed by atoms with Crippen molar-refractivity contribution in [2.75, 3.05) is 0 Å². The van der Waals surface area contributed by atoms with E-state index in [-0.39, 0.29) is 5.56 Å². The van der Waals surface area contributed by atoms with Crippen LogP contribution < -0.4 is 10.9 Å². The number of hydrogen-bond acceptors (Lipinski definition) is 2. The fraction of sp³-hybridized carbons (Fsp3) is 0.357. The van der Waals surface area contributed by atoms with E-state index in [1.165, 1.54) is 6.42 Å². The summed E-state index contributed by atoms with van der Waals surface area (Å²) in [5.41, 5.74) is 1.74. The second-order valence-electron chi connectivity index (χ2n) is 4.91. The number of aromatic nitrogens is 1. The minimum absolute atomic E-state index is 0.0181. The maximum absolute atomic E-state index is 11.9. The molecule has 2 N–H and O–H groups in total. The first-order valence-electron chi connectivity index (χ1n) is 6.08. The lowest BCUT2D eigenvalue weighted by Gasteiger charge is -2.04. The molecule has 1 aromatic heterocycles. The number of rotatable bonds is 3. The van der Waals surface area contributed by atoms with E-state index >= 15 is 0 Å². The Morgan fingerprint density at radius 3 is 2.94 bits per heavy atom. The van der Waals surface area contributed by atoms with Crippen LogP contribution in [0.25, 0.3) is 10.9 Å². The zero-order valence-electron chi connectivity index (χ0n) is 9.86. The molecule has 1 aliphatic rings. The van der Waals surface area contributed by atoms with E-state index in [0.29, 0.717) is 12.6 Å². The van der Waals surface area contributed by atoms with Gasteiger partial charge in [0.25, 0.3) is 5.56 Å². The predicted octanol–water partition coefficient (Wildman–Crippen LogP) is 2.03. The van der Waals surface area contributed by atoms with Gasteiger partial charge >= 0.3 is 0 Å². The van der Waals surface area contributed by atoms with E-state index in [1.807, 2.05) is 30.3 Å². The molecule has 0 bridgehead atoms. The van der Waals surface area contributed by atoms with Crippen molar-refractivity contribution in [2.24, 2.45) is 5.92 Å². The van der Waals surface area contributed by atoms with Crippen molar-refractivity contribution in [3.8, 4) is 0 Å². The van der Waals surface area contributed by atoms with Crippen molar-refractivity contribution in [2.45, 2.75) is 25.9 Å². The van der Waals surface area contributed by atoms with Crippen LogP contribution >= 0.6 is 0 Å². The number of nitrogens with one attached hydrogen (secondary N) is 2. The van der Waals surface area contributed by atoms with Crippen molar-refractivity contribution in [3.05, 3.63) is 46.2 Å². The number of pyridine rings is 1. The third-order valence-corrected chi connectivity index (χ3v) is 3.49. The van der Waals surface area contributed by atoms with Crippen LogP contribution in [0.3, 0.4) is 0 Å². The van der Waals surface area contributed by atoms with Crippen molar-refractivity contribution in [3.63, 3.8) is 0 Å². The molecule has 3 rings (SSSR count). The summed E-state index contributed by atoms with van der Waals surface area (Å²) in [5.74, 6) is 0.759. The van der Waals surface area contributed by atoms with Gasteiger partial charge in [0.05, 0.1) is 0 Å². The maximum atomic E-state index is 11.9. The molecule has 1 aromatic carbocycles. The Balaban J connectivity index is 1.88. The van der Waals surface area contributed by atoms with Crippen LogP contribution in [0.15, 0.2) is 35.1 Å². The monoisotopic (exact) mass is 228 g/mol. The van der Waals surface area contributed by atoms with Gasteiger partial charge in [-0.2, -0.15) is 0 Å².